The van der Waals surface area contributed by atoms with E-state index in [4.69, 9.17) is 0 Å². The molecule has 1 aliphatic rings. The number of hydrogen-bond donors (Lipinski definition) is 1. The molecular formula is C14H22N2. The van der Waals surface area contributed by atoms with Crippen LogP contribution in [0, 0.1) is 0 Å². The largest absolute Gasteiger partial charge is 0.312 e. The molecule has 0 saturated carbocycles. The molecule has 88 valence electrons. The molecule has 1 aromatic carbocycles. The van der Waals surface area contributed by atoms with Gasteiger partial charge in [0, 0.05) is 18.6 Å². The smallest absolute Gasteiger partial charge is 0.0235 e. The molecule has 1 saturated heterocycles. The van der Waals surface area contributed by atoms with E-state index >= 15 is 0 Å². The first-order chi connectivity index (χ1) is 7.75. The number of likely N-dealkylation sites (N-methyl/N-ethyl adjacent to an activating group) is 1. The van der Waals surface area contributed by atoms with Crippen molar-refractivity contribution < 1.29 is 0 Å². The number of nitrogens with one attached hydrogen (secondary N) is 1. The Bertz CT molecular complexity index is 310. The molecule has 1 heterocycles. The average Bonchev–Trinajstić information content (AvgIpc) is 2.43. The summed E-state index contributed by atoms with van der Waals surface area (Å²) in [5, 5.41) is 3.65. The zero-order valence-corrected chi connectivity index (χ0v) is 10.3. The van der Waals surface area contributed by atoms with Crippen molar-refractivity contribution >= 4 is 0 Å². The Kier molecular flexibility index (Phi) is 3.97. The summed E-state index contributed by atoms with van der Waals surface area (Å²) in [7, 11) is 2.23. The van der Waals surface area contributed by atoms with Gasteiger partial charge in [0.1, 0.15) is 0 Å². The van der Waals surface area contributed by atoms with E-state index in [0.717, 1.165) is 19.5 Å². The molecule has 2 rings (SSSR count). The summed E-state index contributed by atoms with van der Waals surface area (Å²) in [6.45, 7) is 4.60. The van der Waals surface area contributed by atoms with Gasteiger partial charge in [-0.05, 0) is 38.9 Å². The van der Waals surface area contributed by atoms with Crippen molar-refractivity contribution in [1.29, 1.82) is 0 Å². The lowest BCUT2D eigenvalue weighted by atomic mass is 10.1. The Morgan fingerprint density at radius 3 is 2.81 bits per heavy atom. The van der Waals surface area contributed by atoms with Gasteiger partial charge < -0.3 is 10.2 Å². The van der Waals surface area contributed by atoms with Crippen LogP contribution in [0.15, 0.2) is 30.3 Å². The molecule has 2 atom stereocenters. The normalized spacial score (nSPS) is 27.6. The highest BCUT2D eigenvalue weighted by atomic mass is 15.2. The Morgan fingerprint density at radius 2 is 2.06 bits per heavy atom. The topological polar surface area (TPSA) is 15.3 Å². The second kappa shape index (κ2) is 5.46. The monoisotopic (exact) mass is 218 g/mol. The zero-order chi connectivity index (χ0) is 11.4. The fourth-order valence-electron chi connectivity index (χ4n) is 2.34. The number of rotatable bonds is 2. The van der Waals surface area contributed by atoms with E-state index in [-0.39, 0.29) is 0 Å². The van der Waals surface area contributed by atoms with Gasteiger partial charge in [-0.3, -0.25) is 0 Å². The van der Waals surface area contributed by atoms with Crippen molar-refractivity contribution in [1.82, 2.24) is 10.2 Å². The molecule has 0 aliphatic carbocycles. The van der Waals surface area contributed by atoms with Crippen LogP contribution in [0.1, 0.15) is 18.9 Å². The van der Waals surface area contributed by atoms with E-state index in [2.05, 4.69) is 54.5 Å². The first-order valence-electron chi connectivity index (χ1n) is 6.23. The van der Waals surface area contributed by atoms with Crippen molar-refractivity contribution in [3.8, 4) is 0 Å². The third kappa shape index (κ3) is 3.06. The fraction of sp³-hybridized carbons (Fsp3) is 0.571. The highest BCUT2D eigenvalue weighted by Crippen LogP contribution is 2.10. The van der Waals surface area contributed by atoms with Crippen LogP contribution in [-0.4, -0.2) is 37.1 Å². The standard InChI is InChI=1S/C14H22N2/c1-12-8-9-15-14(11-16(12)2)10-13-6-4-3-5-7-13/h3-7,12,14-15H,8-11H2,1-2H3. The van der Waals surface area contributed by atoms with Gasteiger partial charge in [0.05, 0.1) is 0 Å². The first-order valence-corrected chi connectivity index (χ1v) is 6.23. The quantitative estimate of drug-likeness (QED) is 0.816. The van der Waals surface area contributed by atoms with Crippen LogP contribution in [0.4, 0.5) is 0 Å². The SMILES string of the molecule is CC1CCNC(Cc2ccccc2)CN1C. The number of hydrogen-bond acceptors (Lipinski definition) is 2. The first kappa shape index (κ1) is 11.6. The van der Waals surface area contributed by atoms with Crippen molar-refractivity contribution in [3.05, 3.63) is 35.9 Å². The number of benzene rings is 1. The molecular weight excluding hydrogens is 196 g/mol. The third-order valence-electron chi connectivity index (χ3n) is 3.58. The second-order valence-corrected chi connectivity index (χ2v) is 4.92. The van der Waals surface area contributed by atoms with Crippen molar-refractivity contribution in [2.24, 2.45) is 0 Å². The molecule has 1 N–H and O–H groups in total. The molecule has 2 nitrogen and oxygen atoms in total. The highest BCUT2D eigenvalue weighted by Gasteiger charge is 2.19. The minimum Gasteiger partial charge on any atom is -0.312 e. The van der Waals surface area contributed by atoms with Crippen molar-refractivity contribution in [2.75, 3.05) is 20.1 Å². The van der Waals surface area contributed by atoms with E-state index in [9.17, 15) is 0 Å². The summed E-state index contributed by atoms with van der Waals surface area (Å²) in [4.78, 5) is 2.47. The molecule has 2 heteroatoms. The zero-order valence-electron chi connectivity index (χ0n) is 10.3. The fourth-order valence-corrected chi connectivity index (χ4v) is 2.34. The minimum atomic E-state index is 0.595. The van der Waals surface area contributed by atoms with Gasteiger partial charge in [0.15, 0.2) is 0 Å². The van der Waals surface area contributed by atoms with Crippen molar-refractivity contribution in [3.63, 3.8) is 0 Å². The number of nitrogens with zero attached hydrogens (tertiary/aromatic N) is 1. The predicted molar refractivity (Wildman–Crippen MR) is 68.6 cm³/mol. The van der Waals surface area contributed by atoms with Gasteiger partial charge in [-0.2, -0.15) is 0 Å². The Labute approximate surface area is 98.7 Å². The second-order valence-electron chi connectivity index (χ2n) is 4.92. The average molecular weight is 218 g/mol. The summed E-state index contributed by atoms with van der Waals surface area (Å²) in [5.41, 5.74) is 1.43. The lowest BCUT2D eigenvalue weighted by Gasteiger charge is -2.24. The lowest BCUT2D eigenvalue weighted by Crippen LogP contribution is -2.39. The van der Waals surface area contributed by atoms with E-state index in [1.165, 1.54) is 12.0 Å². The Hall–Kier alpha value is -0.860. The van der Waals surface area contributed by atoms with Crippen LogP contribution in [-0.2, 0) is 6.42 Å². The van der Waals surface area contributed by atoms with Crippen LogP contribution in [0.5, 0.6) is 0 Å². The molecule has 2 unspecified atom stereocenters. The molecule has 1 aromatic rings. The molecule has 16 heavy (non-hydrogen) atoms. The summed E-state index contributed by atoms with van der Waals surface area (Å²) >= 11 is 0. The van der Waals surface area contributed by atoms with Gasteiger partial charge in [-0.25, -0.2) is 0 Å². The van der Waals surface area contributed by atoms with Gasteiger partial charge in [0.2, 0.25) is 0 Å². The summed E-state index contributed by atoms with van der Waals surface area (Å²) in [6.07, 6.45) is 2.39. The predicted octanol–water partition coefficient (Wildman–Crippen LogP) is 1.91. The van der Waals surface area contributed by atoms with Crippen LogP contribution in [0.25, 0.3) is 0 Å². The molecule has 1 aliphatic heterocycles. The lowest BCUT2D eigenvalue weighted by molar-refractivity contribution is 0.252. The third-order valence-corrected chi connectivity index (χ3v) is 3.58. The molecule has 1 fully saturated rings. The summed E-state index contributed by atoms with van der Waals surface area (Å²) in [5.74, 6) is 0. The highest BCUT2D eigenvalue weighted by molar-refractivity contribution is 5.16. The maximum Gasteiger partial charge on any atom is 0.0235 e. The van der Waals surface area contributed by atoms with Gasteiger partial charge in [-0.1, -0.05) is 30.3 Å². The molecule has 0 aromatic heterocycles. The summed E-state index contributed by atoms with van der Waals surface area (Å²) in [6, 6.07) is 12.1. The summed E-state index contributed by atoms with van der Waals surface area (Å²) < 4.78 is 0. The van der Waals surface area contributed by atoms with Gasteiger partial charge in [-0.15, -0.1) is 0 Å². The molecule has 0 spiro atoms. The maximum atomic E-state index is 3.65. The van der Waals surface area contributed by atoms with Crippen LogP contribution in [0.3, 0.4) is 0 Å². The van der Waals surface area contributed by atoms with E-state index in [0.29, 0.717) is 12.1 Å². The minimum absolute atomic E-state index is 0.595. The van der Waals surface area contributed by atoms with E-state index in [1.807, 2.05) is 0 Å². The van der Waals surface area contributed by atoms with E-state index in [1.54, 1.807) is 0 Å². The van der Waals surface area contributed by atoms with Crippen molar-refractivity contribution in [2.45, 2.75) is 31.8 Å². The Morgan fingerprint density at radius 1 is 1.31 bits per heavy atom. The van der Waals surface area contributed by atoms with Crippen LogP contribution >= 0.6 is 0 Å². The molecule has 0 radical (unpaired) electrons. The van der Waals surface area contributed by atoms with Crippen LogP contribution < -0.4 is 5.32 Å². The maximum absolute atomic E-state index is 3.65. The van der Waals surface area contributed by atoms with E-state index < -0.39 is 0 Å². The van der Waals surface area contributed by atoms with Gasteiger partial charge in [0.25, 0.3) is 0 Å². The molecule has 0 amide bonds. The Balaban J connectivity index is 1.95. The van der Waals surface area contributed by atoms with Gasteiger partial charge >= 0.3 is 0 Å². The van der Waals surface area contributed by atoms with Crippen LogP contribution in [0.2, 0.25) is 0 Å². The molecule has 0 bridgehead atoms.